The van der Waals surface area contributed by atoms with Gasteiger partial charge in [-0.1, -0.05) is 29.8 Å². The quantitative estimate of drug-likeness (QED) is 0.357. The third kappa shape index (κ3) is 6.16. The number of rotatable bonds is 9. The number of benzene rings is 2. The minimum Gasteiger partial charge on any atom is -0.439 e. The van der Waals surface area contributed by atoms with E-state index in [1.54, 1.807) is 66.9 Å². The number of carbonyl (C=O) groups excluding carboxylic acids is 1. The molecule has 4 rings (SSSR count). The predicted octanol–water partition coefficient (Wildman–Crippen LogP) is 3.17. The molecular formula is C25H23ClN6O4. The monoisotopic (exact) mass is 506 g/mol. The highest BCUT2D eigenvalue weighted by Crippen LogP contribution is 2.22. The summed E-state index contributed by atoms with van der Waals surface area (Å²) in [5, 5.41) is 6.08. The lowest BCUT2D eigenvalue weighted by Crippen LogP contribution is -2.43. The molecule has 36 heavy (non-hydrogen) atoms. The number of carbonyl (C=O) groups is 1. The third-order valence-corrected chi connectivity index (χ3v) is 5.47. The van der Waals surface area contributed by atoms with Crippen LogP contribution in [0.15, 0.2) is 82.5 Å². The van der Waals surface area contributed by atoms with E-state index in [1.807, 2.05) is 6.07 Å². The van der Waals surface area contributed by atoms with Gasteiger partial charge in [-0.2, -0.15) is 4.98 Å². The first-order valence-electron chi connectivity index (χ1n) is 11.1. The molecule has 2 aromatic heterocycles. The number of aromatic nitrogens is 4. The summed E-state index contributed by atoms with van der Waals surface area (Å²) >= 11 is 5.99. The molecule has 11 heteroatoms. The number of halogens is 1. The van der Waals surface area contributed by atoms with Crippen molar-refractivity contribution in [3.05, 3.63) is 104 Å². The summed E-state index contributed by atoms with van der Waals surface area (Å²) in [7, 11) is 1.49. The Kier molecular flexibility index (Phi) is 7.76. The van der Waals surface area contributed by atoms with Gasteiger partial charge in [-0.25, -0.2) is 19.1 Å². The molecule has 0 fully saturated rings. The SMILES string of the molecule is CNC(=O)CCn1c(=O)nc(Nc2ccc(Oc3ccccn3)cc2)n(Cc2ccc(Cl)cc2)c1=O. The number of nitrogens with one attached hydrogen (secondary N) is 2. The van der Waals surface area contributed by atoms with Gasteiger partial charge in [-0.05, 0) is 48.0 Å². The zero-order valence-corrected chi connectivity index (χ0v) is 20.1. The highest BCUT2D eigenvalue weighted by atomic mass is 35.5. The first kappa shape index (κ1) is 24.7. The second-order valence-corrected chi connectivity index (χ2v) is 8.14. The number of pyridine rings is 1. The Bertz CT molecular complexity index is 1450. The topological polar surface area (TPSA) is 120 Å². The van der Waals surface area contributed by atoms with Crippen LogP contribution in [-0.2, 0) is 17.9 Å². The average molecular weight is 507 g/mol. The maximum absolute atomic E-state index is 13.3. The molecule has 0 unspecified atom stereocenters. The Labute approximate surface area is 211 Å². The molecule has 2 N–H and O–H groups in total. The molecule has 1 amide bonds. The summed E-state index contributed by atoms with van der Waals surface area (Å²) in [4.78, 5) is 45.9. The molecule has 2 heterocycles. The van der Waals surface area contributed by atoms with E-state index in [9.17, 15) is 14.4 Å². The molecule has 0 radical (unpaired) electrons. The number of ether oxygens (including phenoxy) is 1. The summed E-state index contributed by atoms with van der Waals surface area (Å²) in [6.45, 7) is 0.0389. The summed E-state index contributed by atoms with van der Waals surface area (Å²) in [5.41, 5.74) is 0.0184. The number of hydrogen-bond donors (Lipinski definition) is 2. The third-order valence-electron chi connectivity index (χ3n) is 5.22. The smallest absolute Gasteiger partial charge is 0.354 e. The van der Waals surface area contributed by atoms with Crippen molar-refractivity contribution in [2.75, 3.05) is 12.4 Å². The fourth-order valence-electron chi connectivity index (χ4n) is 3.33. The van der Waals surface area contributed by atoms with Crippen molar-refractivity contribution in [2.24, 2.45) is 0 Å². The maximum atomic E-state index is 13.3. The molecular weight excluding hydrogens is 484 g/mol. The Morgan fingerprint density at radius 1 is 1.00 bits per heavy atom. The van der Waals surface area contributed by atoms with Crippen molar-refractivity contribution in [1.29, 1.82) is 0 Å². The summed E-state index contributed by atoms with van der Waals surface area (Å²) in [6.07, 6.45) is 1.60. The van der Waals surface area contributed by atoms with Crippen LogP contribution in [0.3, 0.4) is 0 Å². The van der Waals surface area contributed by atoms with E-state index in [0.29, 0.717) is 22.3 Å². The van der Waals surface area contributed by atoms with Gasteiger partial charge in [0.1, 0.15) is 5.75 Å². The Morgan fingerprint density at radius 3 is 2.42 bits per heavy atom. The van der Waals surface area contributed by atoms with Gasteiger partial charge < -0.3 is 15.4 Å². The molecule has 0 spiro atoms. The first-order valence-corrected chi connectivity index (χ1v) is 11.4. The van der Waals surface area contributed by atoms with Crippen molar-refractivity contribution in [3.8, 4) is 11.6 Å². The van der Waals surface area contributed by atoms with E-state index in [-0.39, 0.29) is 31.4 Å². The van der Waals surface area contributed by atoms with Crippen molar-refractivity contribution in [2.45, 2.75) is 19.5 Å². The van der Waals surface area contributed by atoms with Crippen molar-refractivity contribution >= 4 is 29.1 Å². The fraction of sp³-hybridized carbons (Fsp3) is 0.160. The van der Waals surface area contributed by atoms with Crippen LogP contribution < -0.4 is 26.7 Å². The van der Waals surface area contributed by atoms with Crippen LogP contribution in [0.25, 0.3) is 0 Å². The van der Waals surface area contributed by atoms with Crippen LogP contribution in [-0.4, -0.2) is 32.1 Å². The summed E-state index contributed by atoms with van der Waals surface area (Å²) in [6, 6.07) is 19.3. The lowest BCUT2D eigenvalue weighted by atomic mass is 10.2. The largest absolute Gasteiger partial charge is 0.439 e. The Balaban J connectivity index is 1.64. The van der Waals surface area contributed by atoms with Gasteiger partial charge >= 0.3 is 11.4 Å². The van der Waals surface area contributed by atoms with Crippen molar-refractivity contribution < 1.29 is 9.53 Å². The van der Waals surface area contributed by atoms with E-state index in [2.05, 4.69) is 20.6 Å². The average Bonchev–Trinajstić information content (AvgIpc) is 2.89. The second kappa shape index (κ2) is 11.3. The van der Waals surface area contributed by atoms with E-state index in [1.165, 1.54) is 11.6 Å². The van der Waals surface area contributed by atoms with Gasteiger partial charge in [0.25, 0.3) is 0 Å². The molecule has 0 saturated heterocycles. The molecule has 0 aliphatic carbocycles. The minimum absolute atomic E-state index is 0.0290. The fourth-order valence-corrected chi connectivity index (χ4v) is 3.46. The van der Waals surface area contributed by atoms with Gasteiger partial charge in [-0.3, -0.25) is 9.36 Å². The zero-order chi connectivity index (χ0) is 25.5. The minimum atomic E-state index is -0.756. The van der Waals surface area contributed by atoms with E-state index in [4.69, 9.17) is 16.3 Å². The first-order chi connectivity index (χ1) is 17.4. The molecule has 0 saturated carbocycles. The van der Waals surface area contributed by atoms with Gasteiger partial charge in [0.15, 0.2) is 0 Å². The molecule has 10 nitrogen and oxygen atoms in total. The molecule has 2 aromatic carbocycles. The predicted molar refractivity (Wildman–Crippen MR) is 136 cm³/mol. The molecule has 0 aliphatic rings. The van der Waals surface area contributed by atoms with Gasteiger partial charge in [0.05, 0.1) is 6.54 Å². The van der Waals surface area contributed by atoms with Crippen LogP contribution in [0.4, 0.5) is 11.6 Å². The highest BCUT2D eigenvalue weighted by Gasteiger charge is 2.15. The van der Waals surface area contributed by atoms with Crippen LogP contribution in [0, 0.1) is 0 Å². The maximum Gasteiger partial charge on any atom is 0.354 e. The second-order valence-electron chi connectivity index (χ2n) is 7.71. The number of hydrogen-bond acceptors (Lipinski definition) is 7. The van der Waals surface area contributed by atoms with E-state index in [0.717, 1.165) is 10.1 Å². The van der Waals surface area contributed by atoms with Crippen LogP contribution in [0.5, 0.6) is 11.6 Å². The molecule has 184 valence electrons. The normalized spacial score (nSPS) is 10.6. The lowest BCUT2D eigenvalue weighted by molar-refractivity contribution is -0.120. The number of amides is 1. The van der Waals surface area contributed by atoms with Gasteiger partial charge in [-0.15, -0.1) is 0 Å². The number of anilines is 2. The molecule has 0 bridgehead atoms. The van der Waals surface area contributed by atoms with Crippen LogP contribution >= 0.6 is 11.6 Å². The van der Waals surface area contributed by atoms with Crippen molar-refractivity contribution in [1.82, 2.24) is 24.4 Å². The highest BCUT2D eigenvalue weighted by molar-refractivity contribution is 6.30. The van der Waals surface area contributed by atoms with E-state index < -0.39 is 11.4 Å². The van der Waals surface area contributed by atoms with E-state index >= 15 is 0 Å². The lowest BCUT2D eigenvalue weighted by Gasteiger charge is -2.16. The standard InChI is InChI=1S/C25H23ClN6O4/c1-27-21(33)13-15-31-24(34)30-23(32(25(31)35)16-17-5-7-18(26)8-6-17)29-19-9-11-20(12-10-19)36-22-4-2-3-14-28-22/h2-12,14H,13,15-16H2,1H3,(H,27,33)(H,29,30,34). The van der Waals surface area contributed by atoms with Gasteiger partial charge in [0, 0.05) is 43.0 Å². The Morgan fingerprint density at radius 2 is 1.75 bits per heavy atom. The van der Waals surface area contributed by atoms with Gasteiger partial charge in [0.2, 0.25) is 17.7 Å². The summed E-state index contributed by atoms with van der Waals surface area (Å²) < 4.78 is 7.98. The Hall–Kier alpha value is -4.44. The van der Waals surface area contributed by atoms with Crippen LogP contribution in [0.2, 0.25) is 5.02 Å². The molecule has 0 aliphatic heterocycles. The molecule has 4 aromatic rings. The molecule has 0 atom stereocenters. The summed E-state index contributed by atoms with van der Waals surface area (Å²) in [5.74, 6) is 0.794. The zero-order valence-electron chi connectivity index (χ0n) is 19.3. The number of nitrogens with zero attached hydrogens (tertiary/aromatic N) is 4. The van der Waals surface area contributed by atoms with Crippen molar-refractivity contribution in [3.63, 3.8) is 0 Å². The van der Waals surface area contributed by atoms with Crippen LogP contribution in [0.1, 0.15) is 12.0 Å².